The Morgan fingerprint density at radius 2 is 2.20 bits per heavy atom. The highest BCUT2D eigenvalue weighted by Gasteiger charge is 2.15. The first-order chi connectivity index (χ1) is 4.88. The third kappa shape index (κ3) is 0.756. The molecule has 0 fully saturated rings. The highest BCUT2D eigenvalue weighted by atomic mass is 14.2. The van der Waals surface area contributed by atoms with Gasteiger partial charge in [-0.25, -0.2) is 0 Å². The van der Waals surface area contributed by atoms with E-state index in [0.29, 0.717) is 0 Å². The summed E-state index contributed by atoms with van der Waals surface area (Å²) < 4.78 is 0. The first kappa shape index (κ1) is 5.96. The zero-order chi connectivity index (χ0) is 6.97. The smallest absolute Gasteiger partial charge is 0.00890 e. The van der Waals surface area contributed by atoms with Crippen LogP contribution in [0, 0.1) is 0 Å². The Kier molecular flexibility index (Phi) is 1.26. The van der Waals surface area contributed by atoms with Gasteiger partial charge in [0, 0.05) is 0 Å². The first-order valence-corrected chi connectivity index (χ1v) is 3.94. The number of allylic oxidation sites excluding steroid dienone is 5. The summed E-state index contributed by atoms with van der Waals surface area (Å²) in [5.74, 6) is 0. The maximum absolute atomic E-state index is 4.06. The molecule has 0 saturated heterocycles. The van der Waals surface area contributed by atoms with Crippen molar-refractivity contribution >= 4 is 0 Å². The van der Waals surface area contributed by atoms with Gasteiger partial charge in [-0.1, -0.05) is 24.3 Å². The number of rotatable bonds is 0. The molecule has 0 heterocycles. The monoisotopic (exact) mass is 132 g/mol. The Balaban J connectivity index is 2.36. The van der Waals surface area contributed by atoms with E-state index in [0.717, 1.165) is 6.42 Å². The predicted molar refractivity (Wildman–Crippen MR) is 43.8 cm³/mol. The normalized spacial score (nSPS) is 23.8. The quantitative estimate of drug-likeness (QED) is 0.475. The molecule has 2 aliphatic rings. The van der Waals surface area contributed by atoms with Crippen molar-refractivity contribution in [3.63, 3.8) is 0 Å². The second-order valence-electron chi connectivity index (χ2n) is 3.07. The molecule has 2 rings (SSSR count). The molecule has 0 radical (unpaired) electrons. The van der Waals surface area contributed by atoms with E-state index in [4.69, 9.17) is 0 Å². The molecule has 0 aromatic heterocycles. The Morgan fingerprint density at radius 1 is 1.30 bits per heavy atom. The second-order valence-corrected chi connectivity index (χ2v) is 3.07. The van der Waals surface area contributed by atoms with Gasteiger partial charge in [0.1, 0.15) is 0 Å². The summed E-state index contributed by atoms with van der Waals surface area (Å²) in [4.78, 5) is 0. The van der Waals surface area contributed by atoms with Crippen LogP contribution in [-0.4, -0.2) is 0 Å². The Hall–Kier alpha value is -0.780. The lowest BCUT2D eigenvalue weighted by Gasteiger charge is -2.15. The minimum absolute atomic E-state index is 1.15. The average molecular weight is 132 g/mol. The summed E-state index contributed by atoms with van der Waals surface area (Å²) in [6.07, 6.45) is 9.47. The molecule has 0 bridgehead atoms. The predicted octanol–water partition coefficient (Wildman–Crippen LogP) is 2.98. The molecule has 0 unspecified atom stereocenters. The first-order valence-electron chi connectivity index (χ1n) is 3.94. The fourth-order valence-electron chi connectivity index (χ4n) is 1.80. The topological polar surface area (TPSA) is 0 Å². The van der Waals surface area contributed by atoms with Crippen molar-refractivity contribution in [1.29, 1.82) is 0 Å². The number of hydrogen-bond acceptors (Lipinski definition) is 0. The zero-order valence-corrected chi connectivity index (χ0v) is 6.19. The Bertz CT molecular complexity index is 228. The Labute approximate surface area is 61.9 Å². The summed E-state index contributed by atoms with van der Waals surface area (Å²) in [7, 11) is 0. The van der Waals surface area contributed by atoms with Crippen molar-refractivity contribution in [3.8, 4) is 0 Å². The second kappa shape index (κ2) is 2.12. The van der Waals surface area contributed by atoms with Crippen LogP contribution in [0.4, 0.5) is 0 Å². The summed E-state index contributed by atoms with van der Waals surface area (Å²) >= 11 is 0. The Morgan fingerprint density at radius 3 is 3.00 bits per heavy atom. The zero-order valence-electron chi connectivity index (χ0n) is 6.19. The van der Waals surface area contributed by atoms with Crippen LogP contribution in [0.2, 0.25) is 0 Å². The maximum Gasteiger partial charge on any atom is -0.00890 e. The summed E-state index contributed by atoms with van der Waals surface area (Å²) in [6, 6.07) is 0. The minimum Gasteiger partial charge on any atom is -0.0955 e. The van der Waals surface area contributed by atoms with Crippen LogP contribution in [0.25, 0.3) is 0 Å². The van der Waals surface area contributed by atoms with Crippen molar-refractivity contribution < 1.29 is 0 Å². The largest absolute Gasteiger partial charge is 0.0955 e. The molecule has 2 aliphatic carbocycles. The molecule has 0 heteroatoms. The van der Waals surface area contributed by atoms with E-state index in [1.165, 1.54) is 30.4 Å². The molecule has 0 saturated carbocycles. The van der Waals surface area contributed by atoms with Gasteiger partial charge in [-0.2, -0.15) is 0 Å². The molecule has 52 valence electrons. The van der Waals surface area contributed by atoms with E-state index in [9.17, 15) is 0 Å². The fraction of sp³-hybridized carbons (Fsp3) is 0.400. The summed E-state index contributed by atoms with van der Waals surface area (Å²) in [5, 5.41) is 0. The van der Waals surface area contributed by atoms with Gasteiger partial charge in [-0.15, -0.1) is 0 Å². The van der Waals surface area contributed by atoms with Gasteiger partial charge in [-0.05, 0) is 36.8 Å². The fourth-order valence-corrected chi connectivity index (χ4v) is 1.80. The maximum atomic E-state index is 4.06. The molecule has 0 aromatic carbocycles. The number of hydrogen-bond donors (Lipinski definition) is 0. The van der Waals surface area contributed by atoms with E-state index < -0.39 is 0 Å². The van der Waals surface area contributed by atoms with E-state index >= 15 is 0 Å². The van der Waals surface area contributed by atoms with Crippen LogP contribution >= 0.6 is 0 Å². The molecular weight excluding hydrogens is 120 g/mol. The molecule has 0 atom stereocenters. The third-order valence-corrected chi connectivity index (χ3v) is 2.38. The van der Waals surface area contributed by atoms with Crippen LogP contribution in [0.1, 0.15) is 25.7 Å². The van der Waals surface area contributed by atoms with Crippen molar-refractivity contribution in [2.24, 2.45) is 0 Å². The van der Waals surface area contributed by atoms with Gasteiger partial charge in [-0.3, -0.25) is 0 Å². The van der Waals surface area contributed by atoms with E-state index in [-0.39, 0.29) is 0 Å². The van der Waals surface area contributed by atoms with Gasteiger partial charge in [0.2, 0.25) is 0 Å². The molecule has 0 aliphatic heterocycles. The van der Waals surface area contributed by atoms with Gasteiger partial charge >= 0.3 is 0 Å². The third-order valence-electron chi connectivity index (χ3n) is 2.38. The molecule has 10 heavy (non-hydrogen) atoms. The molecular formula is C10H12. The molecule has 0 nitrogen and oxygen atoms in total. The van der Waals surface area contributed by atoms with Crippen molar-refractivity contribution in [1.82, 2.24) is 0 Å². The molecule has 0 N–H and O–H groups in total. The summed E-state index contributed by atoms with van der Waals surface area (Å²) in [5.41, 5.74) is 4.47. The van der Waals surface area contributed by atoms with E-state index in [2.05, 4.69) is 18.7 Å². The minimum atomic E-state index is 1.15. The van der Waals surface area contributed by atoms with Crippen molar-refractivity contribution in [2.75, 3.05) is 0 Å². The molecule has 0 spiro atoms. The lowest BCUT2D eigenvalue weighted by Crippen LogP contribution is -1.96. The standard InChI is InChI=1S/C10H12/c1-8-4-2-5-9-6-3-7-10(8)9/h3,6H,1-2,4-5,7H2. The van der Waals surface area contributed by atoms with Crippen LogP contribution in [0.3, 0.4) is 0 Å². The lowest BCUT2D eigenvalue weighted by atomic mass is 9.90. The highest BCUT2D eigenvalue weighted by molar-refractivity contribution is 5.46. The lowest BCUT2D eigenvalue weighted by molar-refractivity contribution is 0.780. The van der Waals surface area contributed by atoms with E-state index in [1.54, 1.807) is 5.57 Å². The molecule has 0 amide bonds. The molecule has 0 aromatic rings. The summed E-state index contributed by atoms with van der Waals surface area (Å²) in [6.45, 7) is 4.06. The van der Waals surface area contributed by atoms with Crippen LogP contribution in [0.5, 0.6) is 0 Å². The van der Waals surface area contributed by atoms with Crippen molar-refractivity contribution in [3.05, 3.63) is 35.5 Å². The van der Waals surface area contributed by atoms with Gasteiger partial charge in [0.05, 0.1) is 0 Å². The SMILES string of the molecule is C=C1CCCC2=C1CC=C2. The van der Waals surface area contributed by atoms with Crippen LogP contribution < -0.4 is 0 Å². The van der Waals surface area contributed by atoms with Gasteiger partial charge in [0.25, 0.3) is 0 Å². The average Bonchev–Trinajstić information content (AvgIpc) is 2.36. The van der Waals surface area contributed by atoms with E-state index in [1.807, 2.05) is 0 Å². The van der Waals surface area contributed by atoms with Crippen molar-refractivity contribution in [2.45, 2.75) is 25.7 Å². The van der Waals surface area contributed by atoms with Gasteiger partial charge < -0.3 is 0 Å². The van der Waals surface area contributed by atoms with Gasteiger partial charge in [0.15, 0.2) is 0 Å². The van der Waals surface area contributed by atoms with Crippen LogP contribution in [-0.2, 0) is 0 Å². The highest BCUT2D eigenvalue weighted by Crippen LogP contribution is 2.34. The van der Waals surface area contributed by atoms with Crippen LogP contribution in [0.15, 0.2) is 35.5 Å².